The van der Waals surface area contributed by atoms with E-state index < -0.39 is 6.09 Å². The lowest BCUT2D eigenvalue weighted by atomic mass is 10.1. The van der Waals surface area contributed by atoms with Crippen molar-refractivity contribution in [3.63, 3.8) is 0 Å². The van der Waals surface area contributed by atoms with Crippen molar-refractivity contribution in [2.45, 2.75) is 26.3 Å². The second-order valence-electron chi connectivity index (χ2n) is 3.95. The topological polar surface area (TPSA) is 75.8 Å². The molecule has 1 amide bonds. The molecule has 0 heterocycles. The molecule has 0 saturated heterocycles. The molecule has 84 valence electrons. The highest BCUT2D eigenvalue weighted by atomic mass is 16.6. The Morgan fingerprint density at radius 3 is 2.43 bits per heavy atom. The highest BCUT2D eigenvalue weighted by molar-refractivity contribution is 5.68. The van der Waals surface area contributed by atoms with Gasteiger partial charge in [0.15, 0.2) is 0 Å². The first kappa shape index (κ1) is 13.2. The molecule has 5 heteroatoms. The van der Waals surface area contributed by atoms with Gasteiger partial charge in [-0.3, -0.25) is 0 Å². The summed E-state index contributed by atoms with van der Waals surface area (Å²) in [5, 5.41) is 8.51. The molecule has 14 heavy (non-hydrogen) atoms. The highest BCUT2D eigenvalue weighted by Crippen LogP contribution is 2.13. The van der Waals surface area contributed by atoms with Gasteiger partial charge in [0.2, 0.25) is 0 Å². The maximum Gasteiger partial charge on any atom is 0.410 e. The molecule has 0 atom stereocenters. The molecule has 0 rings (SSSR count). The van der Waals surface area contributed by atoms with Gasteiger partial charge in [-0.05, 0) is 20.8 Å². The Morgan fingerprint density at radius 1 is 1.50 bits per heavy atom. The number of aliphatic hydroxyl groups excluding tert-OH is 1. The SMILES string of the molecule is CC(C)(C)N(CCN)C(=O)OCCO. The van der Waals surface area contributed by atoms with Crippen LogP contribution in [0, 0.1) is 0 Å². The number of nitrogens with zero attached hydrogens (tertiary/aromatic N) is 1. The van der Waals surface area contributed by atoms with Crippen LogP contribution in [0.5, 0.6) is 0 Å². The molecule has 5 nitrogen and oxygen atoms in total. The van der Waals surface area contributed by atoms with Gasteiger partial charge in [0.1, 0.15) is 6.61 Å². The van der Waals surface area contributed by atoms with E-state index in [-0.39, 0.29) is 18.8 Å². The molecule has 0 radical (unpaired) electrons. The quantitative estimate of drug-likeness (QED) is 0.684. The van der Waals surface area contributed by atoms with Crippen LogP contribution in [0.3, 0.4) is 0 Å². The van der Waals surface area contributed by atoms with Gasteiger partial charge in [-0.2, -0.15) is 0 Å². The molecule has 0 aromatic rings. The zero-order valence-corrected chi connectivity index (χ0v) is 9.12. The van der Waals surface area contributed by atoms with Crippen molar-refractivity contribution in [1.29, 1.82) is 0 Å². The minimum Gasteiger partial charge on any atom is -0.447 e. The number of nitrogens with two attached hydrogens (primary N) is 1. The highest BCUT2D eigenvalue weighted by Gasteiger charge is 2.26. The van der Waals surface area contributed by atoms with Gasteiger partial charge in [-0.15, -0.1) is 0 Å². The van der Waals surface area contributed by atoms with E-state index in [2.05, 4.69) is 0 Å². The summed E-state index contributed by atoms with van der Waals surface area (Å²) in [5.41, 5.74) is 5.08. The minimum atomic E-state index is -0.433. The van der Waals surface area contributed by atoms with Crippen molar-refractivity contribution in [2.75, 3.05) is 26.3 Å². The summed E-state index contributed by atoms with van der Waals surface area (Å²) in [5.74, 6) is 0. The number of carbonyl (C=O) groups is 1. The summed E-state index contributed by atoms with van der Waals surface area (Å²) in [6.45, 7) is 6.43. The number of hydrogen-bond acceptors (Lipinski definition) is 4. The van der Waals surface area contributed by atoms with Gasteiger partial charge in [0.25, 0.3) is 0 Å². The van der Waals surface area contributed by atoms with E-state index in [0.29, 0.717) is 13.1 Å². The van der Waals surface area contributed by atoms with Crippen LogP contribution in [0.25, 0.3) is 0 Å². The molecule has 0 bridgehead atoms. The molecular weight excluding hydrogens is 184 g/mol. The smallest absolute Gasteiger partial charge is 0.410 e. The number of carbonyl (C=O) groups excluding carboxylic acids is 1. The van der Waals surface area contributed by atoms with Crippen molar-refractivity contribution in [2.24, 2.45) is 5.73 Å². The number of amides is 1. The van der Waals surface area contributed by atoms with Crippen molar-refractivity contribution in [3.05, 3.63) is 0 Å². The fraction of sp³-hybridized carbons (Fsp3) is 0.889. The maximum absolute atomic E-state index is 11.5. The van der Waals surface area contributed by atoms with E-state index in [0.717, 1.165) is 0 Å². The van der Waals surface area contributed by atoms with Crippen LogP contribution >= 0.6 is 0 Å². The summed E-state index contributed by atoms with van der Waals surface area (Å²) in [6.07, 6.45) is -0.433. The number of hydrogen-bond donors (Lipinski definition) is 2. The molecule has 0 aliphatic carbocycles. The van der Waals surface area contributed by atoms with E-state index in [1.165, 1.54) is 0 Å². The average molecular weight is 204 g/mol. The van der Waals surface area contributed by atoms with Crippen molar-refractivity contribution in [1.82, 2.24) is 4.90 Å². The Kier molecular flexibility index (Phi) is 5.49. The normalized spacial score (nSPS) is 11.2. The van der Waals surface area contributed by atoms with Gasteiger partial charge < -0.3 is 20.5 Å². The Bertz CT molecular complexity index is 177. The van der Waals surface area contributed by atoms with Crippen LogP contribution in [0.4, 0.5) is 4.79 Å². The lowest BCUT2D eigenvalue weighted by Gasteiger charge is -2.34. The van der Waals surface area contributed by atoms with E-state index in [4.69, 9.17) is 15.6 Å². The van der Waals surface area contributed by atoms with Crippen LogP contribution in [-0.4, -0.2) is 47.9 Å². The fourth-order valence-corrected chi connectivity index (χ4v) is 1.04. The molecule has 0 spiro atoms. The number of aliphatic hydroxyl groups is 1. The Labute approximate surface area is 84.8 Å². The second-order valence-corrected chi connectivity index (χ2v) is 3.95. The predicted molar refractivity (Wildman–Crippen MR) is 53.9 cm³/mol. The summed E-state index contributed by atoms with van der Waals surface area (Å²) in [7, 11) is 0. The van der Waals surface area contributed by atoms with Gasteiger partial charge in [-0.25, -0.2) is 4.79 Å². The average Bonchev–Trinajstić information content (AvgIpc) is 2.08. The van der Waals surface area contributed by atoms with Gasteiger partial charge >= 0.3 is 6.09 Å². The Balaban J connectivity index is 4.26. The lowest BCUT2D eigenvalue weighted by molar-refractivity contribution is 0.0572. The van der Waals surface area contributed by atoms with Crippen LogP contribution in [0.1, 0.15) is 20.8 Å². The molecule has 0 aromatic carbocycles. The third kappa shape index (κ3) is 4.43. The number of ether oxygens (including phenoxy) is 1. The van der Waals surface area contributed by atoms with Gasteiger partial charge in [-0.1, -0.05) is 0 Å². The maximum atomic E-state index is 11.5. The van der Waals surface area contributed by atoms with Crippen molar-refractivity contribution >= 4 is 6.09 Å². The van der Waals surface area contributed by atoms with E-state index in [1.54, 1.807) is 4.90 Å². The van der Waals surface area contributed by atoms with Gasteiger partial charge in [0.05, 0.1) is 6.61 Å². The number of rotatable bonds is 4. The summed E-state index contributed by atoms with van der Waals surface area (Å²) in [6, 6.07) is 0. The summed E-state index contributed by atoms with van der Waals surface area (Å²) in [4.78, 5) is 13.0. The zero-order valence-electron chi connectivity index (χ0n) is 9.12. The monoisotopic (exact) mass is 204 g/mol. The van der Waals surface area contributed by atoms with Gasteiger partial charge in [0, 0.05) is 18.6 Å². The van der Waals surface area contributed by atoms with E-state index in [9.17, 15) is 4.79 Å². The van der Waals surface area contributed by atoms with E-state index >= 15 is 0 Å². The third-order valence-corrected chi connectivity index (χ3v) is 1.70. The first-order valence-corrected chi connectivity index (χ1v) is 4.68. The summed E-state index contributed by atoms with van der Waals surface area (Å²) >= 11 is 0. The van der Waals surface area contributed by atoms with Crippen molar-refractivity contribution < 1.29 is 14.6 Å². The minimum absolute atomic E-state index is 0.0238. The summed E-state index contributed by atoms with van der Waals surface area (Å²) < 4.78 is 4.81. The zero-order chi connectivity index (χ0) is 11.2. The van der Waals surface area contributed by atoms with Crippen LogP contribution in [0.15, 0.2) is 0 Å². The fourth-order valence-electron chi connectivity index (χ4n) is 1.04. The standard InChI is InChI=1S/C9H20N2O3/c1-9(2,3)11(5-4-10)8(13)14-7-6-12/h12H,4-7,10H2,1-3H3. The van der Waals surface area contributed by atoms with Crippen LogP contribution in [0.2, 0.25) is 0 Å². The molecule has 0 unspecified atom stereocenters. The molecular formula is C9H20N2O3. The Hall–Kier alpha value is -0.810. The van der Waals surface area contributed by atoms with E-state index in [1.807, 2.05) is 20.8 Å². The molecule has 3 N–H and O–H groups in total. The lowest BCUT2D eigenvalue weighted by Crippen LogP contribution is -2.48. The second kappa shape index (κ2) is 5.82. The first-order chi connectivity index (χ1) is 6.43. The molecule has 0 aliphatic heterocycles. The third-order valence-electron chi connectivity index (χ3n) is 1.70. The Morgan fingerprint density at radius 2 is 2.07 bits per heavy atom. The van der Waals surface area contributed by atoms with Crippen LogP contribution < -0.4 is 5.73 Å². The predicted octanol–water partition coefficient (Wildman–Crippen LogP) is 0.175. The molecule has 0 aliphatic rings. The molecule has 0 fully saturated rings. The first-order valence-electron chi connectivity index (χ1n) is 4.68. The largest absolute Gasteiger partial charge is 0.447 e. The van der Waals surface area contributed by atoms with Crippen molar-refractivity contribution in [3.8, 4) is 0 Å². The molecule has 0 aromatic heterocycles. The van der Waals surface area contributed by atoms with Crippen LogP contribution in [-0.2, 0) is 4.74 Å². The molecule has 0 saturated carbocycles.